The molecule has 1 heterocycles. The van der Waals surface area contributed by atoms with Gasteiger partial charge in [0.1, 0.15) is 5.54 Å². The minimum Gasteiger partial charge on any atom is -0.331 e. The predicted octanol–water partition coefficient (Wildman–Crippen LogP) is 6.40. The van der Waals surface area contributed by atoms with Gasteiger partial charge in [0.05, 0.1) is 33.4 Å². The van der Waals surface area contributed by atoms with E-state index >= 15 is 0 Å². The van der Waals surface area contributed by atoms with E-state index in [4.69, 9.17) is 23.2 Å². The van der Waals surface area contributed by atoms with Crippen molar-refractivity contribution in [1.82, 2.24) is 4.90 Å². The highest BCUT2D eigenvalue weighted by Crippen LogP contribution is 2.37. The Morgan fingerprint density at radius 2 is 1.55 bits per heavy atom. The first-order chi connectivity index (χ1) is 15.4. The fourth-order valence-electron chi connectivity index (χ4n) is 4.22. The van der Waals surface area contributed by atoms with Crippen molar-refractivity contribution < 1.29 is 14.1 Å². The maximum Gasteiger partial charge on any atom is 0.332 e. The van der Waals surface area contributed by atoms with Crippen LogP contribution >= 0.6 is 39.1 Å². The lowest BCUT2D eigenvalue weighted by Gasteiger charge is -2.32. The van der Waals surface area contributed by atoms with Crippen LogP contribution in [-0.2, 0) is 11.2 Å². The minimum atomic E-state index is -1.00. The molecule has 1 atom stereocenters. The van der Waals surface area contributed by atoms with E-state index in [2.05, 4.69) is 37.1 Å². The number of quaternary nitrogens is 1. The smallest absolute Gasteiger partial charge is 0.331 e. The van der Waals surface area contributed by atoms with Gasteiger partial charge >= 0.3 is 6.03 Å². The lowest BCUT2D eigenvalue weighted by Crippen LogP contribution is -2.49. The van der Waals surface area contributed by atoms with Crippen LogP contribution in [0.1, 0.15) is 31.7 Å². The summed E-state index contributed by atoms with van der Waals surface area (Å²) in [5, 5.41) is 0.762. The average Bonchev–Trinajstić information content (AvgIpc) is 2.88. The number of carbonyl (C=O) groups is 2. The molecule has 3 amide bonds. The Morgan fingerprint density at radius 3 is 2.12 bits per heavy atom. The van der Waals surface area contributed by atoms with Gasteiger partial charge in [-0.05, 0) is 62.1 Å². The number of halogens is 3. The SMILES string of the molecule is C[C@@]1(Cc2ccc(Br)cc2)C(=O)N(c2cc(Cl)cc(Cl)c2)C(=O)N1CCCCC[N+](C)(C)C. The number of imide groups is 1. The Kier molecular flexibility index (Phi) is 8.15. The molecule has 33 heavy (non-hydrogen) atoms. The number of rotatable bonds is 9. The molecule has 1 aliphatic rings. The second-order valence-corrected chi connectivity index (χ2v) is 11.6. The van der Waals surface area contributed by atoms with Crippen LogP contribution in [0.3, 0.4) is 0 Å². The number of anilines is 1. The topological polar surface area (TPSA) is 40.6 Å². The lowest BCUT2D eigenvalue weighted by molar-refractivity contribution is -0.870. The van der Waals surface area contributed by atoms with Crippen molar-refractivity contribution in [2.24, 2.45) is 0 Å². The zero-order valence-corrected chi connectivity index (χ0v) is 22.7. The average molecular weight is 556 g/mol. The fourth-order valence-corrected chi connectivity index (χ4v) is 5.00. The zero-order chi connectivity index (χ0) is 24.4. The van der Waals surface area contributed by atoms with Crippen LogP contribution in [0, 0.1) is 0 Å². The Hall–Kier alpha value is -1.60. The van der Waals surface area contributed by atoms with Crippen LogP contribution in [0.2, 0.25) is 10.0 Å². The number of urea groups is 1. The van der Waals surface area contributed by atoms with E-state index in [1.165, 1.54) is 4.90 Å². The molecule has 1 fully saturated rings. The molecule has 1 aliphatic heterocycles. The van der Waals surface area contributed by atoms with Crippen molar-refractivity contribution in [3.63, 3.8) is 0 Å². The molecule has 1 saturated heterocycles. The molecule has 0 N–H and O–H groups in total. The second kappa shape index (κ2) is 10.3. The quantitative estimate of drug-likeness (QED) is 0.204. The van der Waals surface area contributed by atoms with Gasteiger partial charge in [-0.15, -0.1) is 0 Å². The Balaban J connectivity index is 1.87. The highest BCUT2D eigenvalue weighted by molar-refractivity contribution is 9.10. The standard InChI is InChI=1S/C25H31BrCl2N3O2/c1-25(17-18-8-10-19(26)11-9-18)23(32)30(22-15-20(27)14-21(28)16-22)24(33)29(25)12-6-5-7-13-31(2,3)4/h8-11,14-16H,5-7,12-13,17H2,1-4H3/q+1/t25-/m1/s1. The lowest BCUT2D eigenvalue weighted by atomic mass is 9.91. The third kappa shape index (κ3) is 6.30. The molecule has 0 unspecified atom stereocenters. The predicted molar refractivity (Wildman–Crippen MR) is 139 cm³/mol. The van der Waals surface area contributed by atoms with Crippen molar-refractivity contribution >= 4 is 56.8 Å². The highest BCUT2D eigenvalue weighted by Gasteiger charge is 2.54. The maximum absolute atomic E-state index is 13.7. The molecular weight excluding hydrogens is 525 g/mol. The van der Waals surface area contributed by atoms with Gasteiger partial charge < -0.3 is 9.38 Å². The van der Waals surface area contributed by atoms with Crippen molar-refractivity contribution in [2.45, 2.75) is 38.1 Å². The van der Waals surface area contributed by atoms with E-state index in [1.807, 2.05) is 31.2 Å². The van der Waals surface area contributed by atoms with Gasteiger partial charge in [0.2, 0.25) is 0 Å². The first-order valence-electron chi connectivity index (χ1n) is 11.1. The van der Waals surface area contributed by atoms with Crippen LogP contribution in [0.5, 0.6) is 0 Å². The molecular formula is C25H31BrCl2N3O2+. The number of nitrogens with zero attached hydrogens (tertiary/aromatic N) is 3. The summed E-state index contributed by atoms with van der Waals surface area (Å²) in [5.41, 5.74) is 0.389. The molecule has 2 aromatic carbocycles. The van der Waals surface area contributed by atoms with E-state index in [-0.39, 0.29) is 11.9 Å². The molecule has 3 rings (SSSR count). The number of hydrogen-bond donors (Lipinski definition) is 0. The Bertz CT molecular complexity index is 1000. The summed E-state index contributed by atoms with van der Waals surface area (Å²) in [4.78, 5) is 30.2. The number of amides is 3. The maximum atomic E-state index is 13.7. The molecule has 5 nitrogen and oxygen atoms in total. The van der Waals surface area contributed by atoms with Gasteiger partial charge in [0, 0.05) is 27.5 Å². The van der Waals surface area contributed by atoms with Crippen molar-refractivity contribution in [3.8, 4) is 0 Å². The van der Waals surface area contributed by atoms with E-state index in [9.17, 15) is 9.59 Å². The van der Waals surface area contributed by atoms with E-state index in [0.29, 0.717) is 28.7 Å². The monoisotopic (exact) mass is 554 g/mol. The highest BCUT2D eigenvalue weighted by atomic mass is 79.9. The van der Waals surface area contributed by atoms with Crippen LogP contribution in [-0.4, -0.2) is 61.1 Å². The summed E-state index contributed by atoms with van der Waals surface area (Å²) in [6, 6.07) is 12.3. The van der Waals surface area contributed by atoms with Crippen LogP contribution in [0.4, 0.5) is 10.5 Å². The third-order valence-corrected chi connectivity index (χ3v) is 6.92. The molecule has 2 aromatic rings. The van der Waals surface area contributed by atoms with E-state index in [1.54, 1.807) is 23.1 Å². The van der Waals surface area contributed by atoms with Crippen molar-refractivity contribution in [3.05, 3.63) is 62.5 Å². The number of benzene rings is 2. The summed E-state index contributed by atoms with van der Waals surface area (Å²) in [6.07, 6.45) is 3.31. The van der Waals surface area contributed by atoms with Gasteiger partial charge in [-0.3, -0.25) is 4.79 Å². The molecule has 0 bridgehead atoms. The largest absolute Gasteiger partial charge is 0.332 e. The first-order valence-corrected chi connectivity index (χ1v) is 12.6. The second-order valence-electron chi connectivity index (χ2n) is 9.85. The van der Waals surface area contributed by atoms with Gasteiger partial charge in [-0.1, -0.05) is 51.3 Å². The van der Waals surface area contributed by atoms with Gasteiger partial charge in [-0.25, -0.2) is 9.69 Å². The summed E-state index contributed by atoms with van der Waals surface area (Å²) >= 11 is 15.8. The minimum absolute atomic E-state index is 0.264. The summed E-state index contributed by atoms with van der Waals surface area (Å²) in [5.74, 6) is -0.264. The number of carbonyl (C=O) groups excluding carboxylic acids is 2. The van der Waals surface area contributed by atoms with Crippen molar-refractivity contribution in [1.29, 1.82) is 0 Å². The summed E-state index contributed by atoms with van der Waals surface area (Å²) in [6.45, 7) is 3.43. The van der Waals surface area contributed by atoms with Gasteiger partial charge in [0.25, 0.3) is 5.91 Å². The zero-order valence-electron chi connectivity index (χ0n) is 19.6. The summed E-state index contributed by atoms with van der Waals surface area (Å²) in [7, 11) is 6.52. The molecule has 178 valence electrons. The van der Waals surface area contributed by atoms with E-state index in [0.717, 1.165) is 40.3 Å². The van der Waals surface area contributed by atoms with Gasteiger partial charge in [-0.2, -0.15) is 0 Å². The Labute approximate surface area is 215 Å². The van der Waals surface area contributed by atoms with Crippen LogP contribution in [0.25, 0.3) is 0 Å². The Morgan fingerprint density at radius 1 is 0.939 bits per heavy atom. The van der Waals surface area contributed by atoms with Crippen LogP contribution < -0.4 is 4.90 Å². The molecule has 0 spiro atoms. The molecule has 0 saturated carbocycles. The third-order valence-electron chi connectivity index (χ3n) is 5.96. The molecule has 8 heteroatoms. The number of unbranched alkanes of at least 4 members (excludes halogenated alkanes) is 2. The molecule has 0 aliphatic carbocycles. The number of hydrogen-bond acceptors (Lipinski definition) is 2. The normalized spacial score (nSPS) is 19.0. The fraction of sp³-hybridized carbons (Fsp3) is 0.440. The van der Waals surface area contributed by atoms with Gasteiger partial charge in [0.15, 0.2) is 0 Å². The molecule has 0 aromatic heterocycles. The van der Waals surface area contributed by atoms with E-state index < -0.39 is 5.54 Å². The first kappa shape index (κ1) is 26.0. The molecule has 0 radical (unpaired) electrons. The van der Waals surface area contributed by atoms with Crippen LogP contribution in [0.15, 0.2) is 46.9 Å². The summed E-state index contributed by atoms with van der Waals surface area (Å²) < 4.78 is 1.88. The van der Waals surface area contributed by atoms with Crippen molar-refractivity contribution in [2.75, 3.05) is 39.1 Å².